The van der Waals surface area contributed by atoms with E-state index in [-0.39, 0.29) is 12.0 Å². The maximum absolute atomic E-state index is 13.1. The lowest BCUT2D eigenvalue weighted by molar-refractivity contribution is -0.123. The number of aromatic nitrogens is 2. The van der Waals surface area contributed by atoms with Gasteiger partial charge in [0.2, 0.25) is 0 Å². The Hall–Kier alpha value is -2.26. The van der Waals surface area contributed by atoms with Crippen LogP contribution in [0.15, 0.2) is 70.2 Å². The van der Waals surface area contributed by atoms with Gasteiger partial charge in [0.15, 0.2) is 0 Å². The second-order valence-electron chi connectivity index (χ2n) is 7.65. The first kappa shape index (κ1) is 21.6. The van der Waals surface area contributed by atoms with E-state index in [2.05, 4.69) is 15.9 Å². The second kappa shape index (κ2) is 9.31. The monoisotopic (exact) mass is 525 g/mol. The topological polar surface area (TPSA) is 47.4 Å². The predicted octanol–water partition coefficient (Wildman–Crippen LogP) is 5.68. The van der Waals surface area contributed by atoms with Crippen LogP contribution < -0.4 is 0 Å². The summed E-state index contributed by atoms with van der Waals surface area (Å²) in [4.78, 5) is 15.4. The molecular weight excluding hydrogens is 506 g/mol. The zero-order chi connectivity index (χ0) is 22.1. The maximum atomic E-state index is 13.1. The Morgan fingerprint density at radius 2 is 1.97 bits per heavy atom. The lowest BCUT2D eigenvalue weighted by Crippen LogP contribution is -2.35. The molecule has 1 atom stereocenters. The third kappa shape index (κ3) is 4.45. The molecule has 8 heteroatoms. The molecule has 32 heavy (non-hydrogen) atoms. The summed E-state index contributed by atoms with van der Waals surface area (Å²) < 4.78 is 9.13. The van der Waals surface area contributed by atoms with Gasteiger partial charge in [0.1, 0.15) is 4.32 Å². The van der Waals surface area contributed by atoms with Crippen LogP contribution in [0.5, 0.6) is 0 Å². The molecule has 162 valence electrons. The third-order valence-electron chi connectivity index (χ3n) is 5.45. The van der Waals surface area contributed by atoms with Crippen LogP contribution in [0.4, 0.5) is 0 Å². The standard InChI is InChI=1S/C24H20BrN3O2S2/c25-18-10-8-16(9-11-18)22-17(14-28(26-22)19-5-2-1-3-6-19)13-21-23(29)27(24(31)32-21)15-20-7-4-12-30-20/h1-3,5-6,8-11,13-14,20H,4,7,12,15H2/b21-13-/t20-/m1/s1. The van der Waals surface area contributed by atoms with Crippen LogP contribution in [0, 0.1) is 0 Å². The van der Waals surface area contributed by atoms with Gasteiger partial charge < -0.3 is 4.74 Å². The van der Waals surface area contributed by atoms with Crippen molar-refractivity contribution < 1.29 is 9.53 Å². The van der Waals surface area contributed by atoms with Crippen LogP contribution in [0.25, 0.3) is 23.0 Å². The molecule has 0 spiro atoms. The number of thioether (sulfide) groups is 1. The molecule has 2 aliphatic rings. The van der Waals surface area contributed by atoms with Gasteiger partial charge in [-0.05, 0) is 43.2 Å². The van der Waals surface area contributed by atoms with Crippen molar-refractivity contribution in [3.8, 4) is 16.9 Å². The molecule has 3 aromatic rings. The fourth-order valence-electron chi connectivity index (χ4n) is 3.83. The number of rotatable bonds is 5. The fraction of sp³-hybridized carbons (Fsp3) is 0.208. The lowest BCUT2D eigenvalue weighted by atomic mass is 10.1. The van der Waals surface area contributed by atoms with Crippen molar-refractivity contribution in [1.29, 1.82) is 0 Å². The number of amides is 1. The molecule has 0 N–H and O–H groups in total. The van der Waals surface area contributed by atoms with E-state index in [9.17, 15) is 4.79 Å². The summed E-state index contributed by atoms with van der Waals surface area (Å²) >= 11 is 10.3. The van der Waals surface area contributed by atoms with Crippen molar-refractivity contribution in [3.05, 3.63) is 75.7 Å². The van der Waals surface area contributed by atoms with Gasteiger partial charge in [0, 0.05) is 28.4 Å². The number of hydrogen-bond donors (Lipinski definition) is 0. The number of para-hydroxylation sites is 1. The zero-order valence-electron chi connectivity index (χ0n) is 17.1. The minimum absolute atomic E-state index is 0.0651. The first-order valence-electron chi connectivity index (χ1n) is 10.4. The Balaban J connectivity index is 1.51. The largest absolute Gasteiger partial charge is 0.376 e. The first-order chi connectivity index (χ1) is 15.6. The van der Waals surface area contributed by atoms with Gasteiger partial charge in [-0.3, -0.25) is 9.69 Å². The van der Waals surface area contributed by atoms with Crippen LogP contribution in [0.1, 0.15) is 18.4 Å². The molecule has 3 heterocycles. The lowest BCUT2D eigenvalue weighted by Gasteiger charge is -2.18. The smallest absolute Gasteiger partial charge is 0.266 e. The quantitative estimate of drug-likeness (QED) is 0.316. The van der Waals surface area contributed by atoms with Crippen molar-refractivity contribution in [2.75, 3.05) is 13.2 Å². The van der Waals surface area contributed by atoms with E-state index in [0.29, 0.717) is 15.8 Å². The first-order valence-corrected chi connectivity index (χ1v) is 12.4. The SMILES string of the molecule is O=C1/C(=C/c2cn(-c3ccccc3)nc2-c2ccc(Br)cc2)SC(=S)N1C[C@H]1CCCO1. The molecule has 2 aromatic carbocycles. The van der Waals surface area contributed by atoms with Crippen LogP contribution >= 0.6 is 39.9 Å². The van der Waals surface area contributed by atoms with Gasteiger partial charge in [-0.15, -0.1) is 0 Å². The molecule has 0 radical (unpaired) electrons. The summed E-state index contributed by atoms with van der Waals surface area (Å²) in [6, 6.07) is 17.9. The highest BCUT2D eigenvalue weighted by Crippen LogP contribution is 2.35. The molecule has 2 aliphatic heterocycles. The number of carbonyl (C=O) groups is 1. The Kier molecular flexibility index (Phi) is 6.28. The molecule has 0 bridgehead atoms. The average molecular weight is 526 g/mol. The van der Waals surface area contributed by atoms with Crippen molar-refractivity contribution in [3.63, 3.8) is 0 Å². The summed E-state index contributed by atoms with van der Waals surface area (Å²) in [5.74, 6) is -0.0651. The van der Waals surface area contributed by atoms with E-state index in [1.165, 1.54) is 11.8 Å². The van der Waals surface area contributed by atoms with E-state index >= 15 is 0 Å². The zero-order valence-corrected chi connectivity index (χ0v) is 20.3. The van der Waals surface area contributed by atoms with E-state index in [1.54, 1.807) is 4.90 Å². The molecular formula is C24H20BrN3O2S2. The van der Waals surface area contributed by atoms with Crippen LogP contribution in [-0.2, 0) is 9.53 Å². The van der Waals surface area contributed by atoms with Gasteiger partial charge >= 0.3 is 0 Å². The number of hydrogen-bond acceptors (Lipinski definition) is 5. The maximum Gasteiger partial charge on any atom is 0.266 e. The molecule has 0 aliphatic carbocycles. The Morgan fingerprint density at radius 1 is 1.19 bits per heavy atom. The highest BCUT2D eigenvalue weighted by Gasteiger charge is 2.35. The molecule has 0 saturated carbocycles. The summed E-state index contributed by atoms with van der Waals surface area (Å²) in [7, 11) is 0. The van der Waals surface area contributed by atoms with Gasteiger partial charge in [-0.2, -0.15) is 5.10 Å². The Morgan fingerprint density at radius 3 is 2.69 bits per heavy atom. The van der Waals surface area contributed by atoms with Crippen molar-refractivity contribution in [1.82, 2.24) is 14.7 Å². The molecule has 1 amide bonds. The van der Waals surface area contributed by atoms with Crippen molar-refractivity contribution in [2.45, 2.75) is 18.9 Å². The fourth-order valence-corrected chi connectivity index (χ4v) is 5.36. The Bertz CT molecular complexity index is 1190. The number of nitrogens with zero attached hydrogens (tertiary/aromatic N) is 3. The normalized spacial score (nSPS) is 20.0. The summed E-state index contributed by atoms with van der Waals surface area (Å²) in [5, 5.41) is 4.84. The average Bonchev–Trinajstić information content (AvgIpc) is 3.53. The van der Waals surface area contributed by atoms with E-state index < -0.39 is 0 Å². The third-order valence-corrected chi connectivity index (χ3v) is 7.36. The minimum atomic E-state index is -0.0651. The van der Waals surface area contributed by atoms with Gasteiger partial charge in [0.05, 0.1) is 28.9 Å². The van der Waals surface area contributed by atoms with E-state index in [0.717, 1.165) is 46.4 Å². The Labute approximate surface area is 204 Å². The summed E-state index contributed by atoms with van der Waals surface area (Å²) in [6.07, 6.45) is 5.92. The van der Waals surface area contributed by atoms with Crippen LogP contribution in [0.2, 0.25) is 0 Å². The van der Waals surface area contributed by atoms with Gasteiger partial charge in [0.25, 0.3) is 5.91 Å². The number of carbonyl (C=O) groups excluding carboxylic acids is 1. The van der Waals surface area contributed by atoms with Gasteiger partial charge in [-0.25, -0.2) is 4.68 Å². The summed E-state index contributed by atoms with van der Waals surface area (Å²) in [6.45, 7) is 1.27. The molecule has 1 aromatic heterocycles. The number of benzene rings is 2. The number of ether oxygens (including phenoxy) is 1. The second-order valence-corrected chi connectivity index (χ2v) is 10.2. The molecule has 2 fully saturated rings. The van der Waals surface area contributed by atoms with Crippen LogP contribution in [0.3, 0.4) is 0 Å². The van der Waals surface area contributed by atoms with Crippen molar-refractivity contribution in [2.24, 2.45) is 0 Å². The molecule has 5 nitrogen and oxygen atoms in total. The molecule has 0 unspecified atom stereocenters. The number of halogens is 1. The van der Waals surface area contributed by atoms with Gasteiger partial charge in [-0.1, -0.05) is 70.2 Å². The highest BCUT2D eigenvalue weighted by atomic mass is 79.9. The van der Waals surface area contributed by atoms with E-state index in [1.807, 2.05) is 71.6 Å². The molecule has 5 rings (SSSR count). The minimum Gasteiger partial charge on any atom is -0.376 e. The predicted molar refractivity (Wildman–Crippen MR) is 136 cm³/mol. The summed E-state index contributed by atoms with van der Waals surface area (Å²) in [5.41, 5.74) is 3.61. The number of thiocarbonyl (C=S) groups is 1. The molecule has 2 saturated heterocycles. The highest BCUT2D eigenvalue weighted by molar-refractivity contribution is 9.10. The van der Waals surface area contributed by atoms with Crippen LogP contribution in [-0.4, -0.2) is 44.2 Å². The van der Waals surface area contributed by atoms with Crippen molar-refractivity contribution >= 4 is 56.2 Å². The van der Waals surface area contributed by atoms with E-state index in [4.69, 9.17) is 22.1 Å².